The normalized spacial score (nSPS) is 19.1. The van der Waals surface area contributed by atoms with Crippen LogP contribution in [0.2, 0.25) is 0 Å². The molecule has 0 unspecified atom stereocenters. The Morgan fingerprint density at radius 1 is 0.538 bits per heavy atom. The molecule has 0 bridgehead atoms. The number of nitrogens with zero attached hydrogens (tertiary/aromatic N) is 14. The summed E-state index contributed by atoms with van der Waals surface area (Å²) in [5.74, 6) is -1.60. The molecule has 3 fully saturated rings. The molecule has 9 heterocycles. The van der Waals surface area contributed by atoms with Crippen LogP contribution in [0.25, 0.3) is 31.3 Å². The summed E-state index contributed by atoms with van der Waals surface area (Å²) >= 11 is 4.46. The van der Waals surface area contributed by atoms with Crippen LogP contribution in [0.15, 0.2) is 127 Å². The van der Waals surface area contributed by atoms with E-state index in [0.717, 1.165) is 65.1 Å². The van der Waals surface area contributed by atoms with Gasteiger partial charge in [-0.05, 0) is 102 Å². The number of Topliss-reactive ketones (excluding diaryl/α,β-unsaturated/α-hetero) is 3. The third kappa shape index (κ3) is 18.9. The van der Waals surface area contributed by atoms with Gasteiger partial charge in [0.15, 0.2) is 23.2 Å². The van der Waals surface area contributed by atoms with Gasteiger partial charge in [-0.2, -0.15) is 5.10 Å². The zero-order valence-electron chi connectivity index (χ0n) is 60.3. The molecular formula is C77H92N14O10S3. The highest BCUT2D eigenvalue weighted by Crippen LogP contribution is 2.36. The number of ketones is 3. The molecule has 0 saturated carbocycles. The molecule has 3 aliphatic heterocycles. The zero-order chi connectivity index (χ0) is 74.5. The topological polar surface area (TPSA) is 327 Å². The van der Waals surface area contributed by atoms with Gasteiger partial charge in [0.2, 0.25) is 17.7 Å². The maximum atomic E-state index is 13.6. The van der Waals surface area contributed by atoms with Gasteiger partial charge in [-0.25, -0.2) is 19.9 Å². The summed E-state index contributed by atoms with van der Waals surface area (Å²) in [6, 6.07) is 21.8. The number of β-amino-alcohol motifs (C(OH)–C–C–N with tert-alkyl or cyclic N) is 3. The van der Waals surface area contributed by atoms with Gasteiger partial charge >= 0.3 is 0 Å². The molecule has 0 spiro atoms. The fourth-order valence-electron chi connectivity index (χ4n) is 14.0. The van der Waals surface area contributed by atoms with Crippen LogP contribution in [0.1, 0.15) is 162 Å². The summed E-state index contributed by atoms with van der Waals surface area (Å²) in [4.78, 5) is 114. The molecule has 548 valence electrons. The second-order valence-electron chi connectivity index (χ2n) is 28.2. The van der Waals surface area contributed by atoms with Crippen LogP contribution < -0.4 is 0 Å². The quantitative estimate of drug-likeness (QED) is 0.0413. The third-order valence-electron chi connectivity index (χ3n) is 19.5. The summed E-state index contributed by atoms with van der Waals surface area (Å²) in [7, 11) is 0. The van der Waals surface area contributed by atoms with E-state index in [-0.39, 0.29) is 111 Å². The number of rotatable bonds is 25. The van der Waals surface area contributed by atoms with E-state index >= 15 is 0 Å². The SMILES string of the molecule is Cc1cn([C@H](C(=O)N2C[C@H](O)C[C@H]2C(=O)C[C@@H](C)c2ccc(-c3snnc3CO)cc2)C(C)C)cn1.Cc1ncsc1-c1ccc(CCC(=O)[C@@H]2C[C@@H](O)CN2C(=O)[C@@H](c2cnccn2)C(C)C)cc1.Cc1ncsc1-c1ccc(CCC(=O)[C@@H]2C[C@@H](O)CN2C(=O)[C@@H](c2nccnn2)C(C)C)cc1. The van der Waals surface area contributed by atoms with Crippen LogP contribution in [0.5, 0.6) is 0 Å². The van der Waals surface area contributed by atoms with Crippen molar-refractivity contribution in [3.8, 4) is 31.3 Å². The van der Waals surface area contributed by atoms with E-state index in [1.165, 1.54) is 28.8 Å². The van der Waals surface area contributed by atoms with Gasteiger partial charge in [-0.3, -0.25) is 38.7 Å². The van der Waals surface area contributed by atoms with Crippen molar-refractivity contribution in [2.45, 2.75) is 187 Å². The number of likely N-dealkylation sites (tertiary alicyclic amines) is 3. The minimum absolute atomic E-state index is 0.00266. The Balaban J connectivity index is 0.000000168. The third-order valence-corrected chi connectivity index (χ3v) is 22.3. The number of aromatic nitrogens is 11. The van der Waals surface area contributed by atoms with Gasteiger partial charge in [-0.15, -0.1) is 32.9 Å². The minimum atomic E-state index is -0.720. The maximum Gasteiger partial charge on any atom is 0.246 e. The van der Waals surface area contributed by atoms with Gasteiger partial charge in [0.05, 0.1) is 110 Å². The molecular weight excluding hydrogens is 1380 g/mol. The first-order chi connectivity index (χ1) is 49.9. The molecule has 4 N–H and O–H groups in total. The van der Waals surface area contributed by atoms with Crippen molar-refractivity contribution in [1.82, 2.24) is 69.0 Å². The minimum Gasteiger partial charge on any atom is -0.391 e. The summed E-state index contributed by atoms with van der Waals surface area (Å²) in [6.07, 6.45) is 11.9. The zero-order valence-corrected chi connectivity index (χ0v) is 62.8. The molecule has 3 amide bonds. The monoisotopic (exact) mass is 1470 g/mol. The average molecular weight is 1470 g/mol. The van der Waals surface area contributed by atoms with E-state index in [4.69, 9.17) is 0 Å². The van der Waals surface area contributed by atoms with E-state index in [2.05, 4.69) is 74.0 Å². The molecule has 27 heteroatoms. The summed E-state index contributed by atoms with van der Waals surface area (Å²) in [5, 5.41) is 52.3. The Labute approximate surface area is 618 Å². The Hall–Kier alpha value is -8.96. The lowest BCUT2D eigenvalue weighted by molar-refractivity contribution is -0.141. The van der Waals surface area contributed by atoms with Gasteiger partial charge in [0.1, 0.15) is 17.7 Å². The van der Waals surface area contributed by atoms with Crippen molar-refractivity contribution < 1.29 is 49.2 Å². The molecule has 3 saturated heterocycles. The molecule has 0 radical (unpaired) electrons. The number of aryl methyl sites for hydroxylation is 5. The first-order valence-corrected chi connectivity index (χ1v) is 37.9. The molecule has 104 heavy (non-hydrogen) atoms. The van der Waals surface area contributed by atoms with Crippen molar-refractivity contribution in [1.29, 1.82) is 0 Å². The van der Waals surface area contributed by atoms with Gasteiger partial charge in [0.25, 0.3) is 0 Å². The highest BCUT2D eigenvalue weighted by Gasteiger charge is 2.45. The van der Waals surface area contributed by atoms with Crippen LogP contribution in [0, 0.1) is 38.5 Å². The van der Waals surface area contributed by atoms with Crippen LogP contribution in [-0.2, 0) is 48.2 Å². The maximum absolute atomic E-state index is 13.6. The number of hydrogen-bond acceptors (Lipinski definition) is 23. The smallest absolute Gasteiger partial charge is 0.246 e. The van der Waals surface area contributed by atoms with Crippen LogP contribution in [-0.4, -0.2) is 181 Å². The van der Waals surface area contributed by atoms with Crippen molar-refractivity contribution >= 4 is 69.3 Å². The number of benzene rings is 3. The molecule has 24 nitrogen and oxygen atoms in total. The first kappa shape index (κ1) is 77.6. The van der Waals surface area contributed by atoms with Gasteiger partial charge in [0, 0.05) is 89.1 Å². The Bertz CT molecular complexity index is 4160. The van der Waals surface area contributed by atoms with Crippen molar-refractivity contribution in [3.63, 3.8) is 0 Å². The molecule has 3 aromatic carbocycles. The number of carbonyl (C=O) groups excluding carboxylic acids is 6. The number of aliphatic hydroxyl groups excluding tert-OH is 4. The van der Waals surface area contributed by atoms with E-state index < -0.39 is 54.3 Å². The van der Waals surface area contributed by atoms with Crippen LogP contribution >= 0.6 is 34.2 Å². The van der Waals surface area contributed by atoms with E-state index in [0.29, 0.717) is 42.9 Å². The first-order valence-electron chi connectivity index (χ1n) is 35.3. The average Bonchev–Trinajstić information content (AvgIpc) is 1.62. The molecule has 0 aliphatic carbocycles. The highest BCUT2D eigenvalue weighted by atomic mass is 32.1. The number of thiazole rings is 2. The van der Waals surface area contributed by atoms with E-state index in [1.54, 1.807) is 62.0 Å². The van der Waals surface area contributed by atoms with E-state index in [9.17, 15) is 49.2 Å². The van der Waals surface area contributed by atoms with Gasteiger partial charge < -0.3 is 39.7 Å². The number of aliphatic hydroxyl groups is 4. The molecule has 10 atom stereocenters. The number of imidazole rings is 1. The van der Waals surface area contributed by atoms with Crippen LogP contribution in [0.3, 0.4) is 0 Å². The summed E-state index contributed by atoms with van der Waals surface area (Å²) < 4.78 is 5.72. The second kappa shape index (κ2) is 35.7. The largest absolute Gasteiger partial charge is 0.391 e. The summed E-state index contributed by atoms with van der Waals surface area (Å²) in [6.45, 7) is 19.8. The lowest BCUT2D eigenvalue weighted by atomic mass is 9.90. The molecule has 9 aromatic rings. The van der Waals surface area contributed by atoms with Crippen molar-refractivity contribution in [2.24, 2.45) is 17.8 Å². The van der Waals surface area contributed by atoms with Crippen molar-refractivity contribution in [3.05, 3.63) is 178 Å². The van der Waals surface area contributed by atoms with E-state index in [1.807, 2.05) is 135 Å². The molecule has 6 aromatic heterocycles. The summed E-state index contributed by atoms with van der Waals surface area (Å²) in [5.41, 5.74) is 13.9. The van der Waals surface area contributed by atoms with Gasteiger partial charge in [-0.1, -0.05) is 126 Å². The van der Waals surface area contributed by atoms with Crippen LogP contribution in [0.4, 0.5) is 0 Å². The Morgan fingerprint density at radius 3 is 1.47 bits per heavy atom. The highest BCUT2D eigenvalue weighted by molar-refractivity contribution is 7.13. The standard InChI is InChI=1S/C26H33N5O4S.C26H30N4O3S.C25H29N5O3S/c1-15(2)24(30-11-17(4)27-14-30)26(35)31-12-20(33)10-22(31)23(34)9-16(3)18-5-7-19(8-6-18)25-21(13-32)28-29-36-25;1-16(2)24(21-13-27-10-11-28-21)26(33)30-14-20(31)12-22(30)23(32)9-6-18-4-7-19(8-5-18)25-17(3)29-15-34-25;1-15(2)22(24-26-10-11-28-29-24)25(33)30-13-19(31)12-20(30)21(32)9-6-17-4-7-18(8-5-17)23-16(3)27-14-34-23/h5-8,11,14-16,20,22,24,32-33H,9-10,12-13H2,1-4H3;4-5,7-8,10-11,13,15-16,20,22,24,31H,6,9,12,14H2,1-3H3;4-5,7-8,10-11,14-15,19-20,22,31H,6,9,12-13H2,1-3H3/t16-,20-,22+,24+;20-,22+,24-;19-,20+,22-/m111/s1. The number of carbonyl (C=O) groups is 6. The predicted molar refractivity (Wildman–Crippen MR) is 397 cm³/mol. The molecule has 12 rings (SSSR count). The lowest BCUT2D eigenvalue weighted by Gasteiger charge is -2.31. The van der Waals surface area contributed by atoms with Crippen molar-refractivity contribution in [2.75, 3.05) is 19.6 Å². The number of hydrogen-bond donors (Lipinski definition) is 4. The second-order valence-corrected chi connectivity index (χ2v) is 30.6. The fraction of sp³-hybridized carbons (Fsp3) is 0.455. The number of amides is 3. The lowest BCUT2D eigenvalue weighted by Crippen LogP contribution is -2.45. The fourth-order valence-corrected chi connectivity index (χ4v) is 16.3. The Morgan fingerprint density at radius 2 is 1.03 bits per heavy atom. The predicted octanol–water partition coefficient (Wildman–Crippen LogP) is 10.1. The Kier molecular flexibility index (Phi) is 26.6. The molecule has 3 aliphatic rings.